The van der Waals surface area contributed by atoms with Crippen LogP contribution >= 0.6 is 15.9 Å². The molecule has 9 heteroatoms. The van der Waals surface area contributed by atoms with Crippen molar-refractivity contribution < 1.29 is 9.53 Å². The van der Waals surface area contributed by atoms with Gasteiger partial charge < -0.3 is 14.5 Å². The maximum absolute atomic E-state index is 13.1. The molecule has 0 atom stereocenters. The molecule has 8 nitrogen and oxygen atoms in total. The molecular formula is C22H25BrN6O2. The van der Waals surface area contributed by atoms with Gasteiger partial charge >= 0.3 is 0 Å². The largest absolute Gasteiger partial charge is 0.497 e. The number of halogens is 1. The van der Waals surface area contributed by atoms with Crippen LogP contribution in [-0.4, -0.2) is 63.6 Å². The number of imidazole rings is 1. The zero-order valence-corrected chi connectivity index (χ0v) is 19.7. The quantitative estimate of drug-likeness (QED) is 0.565. The van der Waals surface area contributed by atoms with Crippen molar-refractivity contribution in [3.63, 3.8) is 0 Å². The first-order valence-corrected chi connectivity index (χ1v) is 10.9. The number of rotatable bonds is 4. The van der Waals surface area contributed by atoms with Crippen molar-refractivity contribution in [2.45, 2.75) is 20.8 Å². The van der Waals surface area contributed by atoms with Gasteiger partial charge in [0.25, 0.3) is 5.91 Å². The minimum atomic E-state index is -0.00509. The number of hydrogen-bond donors (Lipinski definition) is 0. The van der Waals surface area contributed by atoms with E-state index in [1.54, 1.807) is 19.5 Å². The maximum atomic E-state index is 13.1. The average Bonchev–Trinajstić information content (AvgIpc) is 3.11. The third kappa shape index (κ3) is 4.27. The molecule has 0 bridgehead atoms. The van der Waals surface area contributed by atoms with Crippen LogP contribution < -0.4 is 9.64 Å². The summed E-state index contributed by atoms with van der Waals surface area (Å²) >= 11 is 3.48. The van der Waals surface area contributed by atoms with Gasteiger partial charge in [-0.25, -0.2) is 15.0 Å². The Balaban J connectivity index is 1.50. The summed E-state index contributed by atoms with van der Waals surface area (Å²) in [5.74, 6) is 3.04. The van der Waals surface area contributed by atoms with Gasteiger partial charge in [0, 0.05) is 42.4 Å². The number of aromatic nitrogens is 4. The van der Waals surface area contributed by atoms with Crippen molar-refractivity contribution in [1.29, 1.82) is 0 Å². The molecule has 0 N–H and O–H groups in total. The Kier molecular flexibility index (Phi) is 5.95. The van der Waals surface area contributed by atoms with Gasteiger partial charge in [0.05, 0.1) is 18.4 Å². The number of anilines is 1. The number of aryl methyl sites for hydroxylation is 2. The lowest BCUT2D eigenvalue weighted by atomic mass is 10.1. The zero-order chi connectivity index (χ0) is 22.1. The molecular weight excluding hydrogens is 460 g/mol. The summed E-state index contributed by atoms with van der Waals surface area (Å²) in [6, 6.07) is 7.43. The predicted molar refractivity (Wildman–Crippen MR) is 122 cm³/mol. The third-order valence-electron chi connectivity index (χ3n) is 5.60. The molecule has 0 spiro atoms. The lowest BCUT2D eigenvalue weighted by Crippen LogP contribution is -2.49. The van der Waals surface area contributed by atoms with Gasteiger partial charge in [0.2, 0.25) is 0 Å². The van der Waals surface area contributed by atoms with Crippen molar-refractivity contribution in [2.24, 2.45) is 0 Å². The Morgan fingerprint density at radius 3 is 2.39 bits per heavy atom. The fourth-order valence-electron chi connectivity index (χ4n) is 3.66. The van der Waals surface area contributed by atoms with E-state index < -0.39 is 0 Å². The van der Waals surface area contributed by atoms with Crippen molar-refractivity contribution in [1.82, 2.24) is 24.4 Å². The highest BCUT2D eigenvalue weighted by Gasteiger charge is 2.25. The Hall–Kier alpha value is -2.94. The van der Waals surface area contributed by atoms with Gasteiger partial charge in [0.15, 0.2) is 0 Å². The first-order valence-electron chi connectivity index (χ1n) is 10.1. The molecule has 1 aliphatic heterocycles. The number of amides is 1. The monoisotopic (exact) mass is 484 g/mol. The summed E-state index contributed by atoms with van der Waals surface area (Å²) in [4.78, 5) is 30.7. The Labute approximate surface area is 190 Å². The van der Waals surface area contributed by atoms with Crippen LogP contribution in [0.15, 0.2) is 35.1 Å². The number of methoxy groups -OCH3 is 1. The summed E-state index contributed by atoms with van der Waals surface area (Å²) in [5, 5.41) is 0. The first-order chi connectivity index (χ1) is 14.9. The summed E-state index contributed by atoms with van der Waals surface area (Å²) < 4.78 is 8.02. The standard InChI is InChI=1S/C22H25BrN6O2/c1-14-15(2)29(13-24-14)21-12-20(25-16(3)26-21)27-7-9-28(10-8-27)22(30)18-11-17(31-4)5-6-19(18)23/h5-6,11-13H,7-10H2,1-4H3. The molecule has 1 fully saturated rings. The molecule has 0 saturated carbocycles. The molecule has 4 rings (SSSR count). The molecule has 31 heavy (non-hydrogen) atoms. The lowest BCUT2D eigenvalue weighted by Gasteiger charge is -2.35. The van der Waals surface area contributed by atoms with E-state index in [0.29, 0.717) is 43.3 Å². The van der Waals surface area contributed by atoms with Crippen LogP contribution in [0, 0.1) is 20.8 Å². The average molecular weight is 485 g/mol. The van der Waals surface area contributed by atoms with Gasteiger partial charge in [-0.15, -0.1) is 0 Å². The van der Waals surface area contributed by atoms with Gasteiger partial charge in [-0.1, -0.05) is 0 Å². The van der Waals surface area contributed by atoms with Gasteiger partial charge in [-0.2, -0.15) is 0 Å². The van der Waals surface area contributed by atoms with E-state index in [2.05, 4.69) is 35.8 Å². The Morgan fingerprint density at radius 2 is 1.74 bits per heavy atom. The second-order valence-corrected chi connectivity index (χ2v) is 8.40. The number of carbonyl (C=O) groups is 1. The molecule has 0 radical (unpaired) electrons. The van der Waals surface area contributed by atoms with E-state index >= 15 is 0 Å². The number of nitrogens with zero attached hydrogens (tertiary/aromatic N) is 6. The van der Waals surface area contributed by atoms with Crippen LogP contribution in [0.25, 0.3) is 5.82 Å². The van der Waals surface area contributed by atoms with E-state index in [1.807, 2.05) is 48.4 Å². The zero-order valence-electron chi connectivity index (χ0n) is 18.1. The van der Waals surface area contributed by atoms with Crippen LogP contribution in [0.1, 0.15) is 27.6 Å². The molecule has 162 valence electrons. The van der Waals surface area contributed by atoms with Crippen molar-refractivity contribution >= 4 is 27.7 Å². The normalized spacial score (nSPS) is 14.1. The molecule has 3 heterocycles. The topological polar surface area (TPSA) is 76.4 Å². The molecule has 1 amide bonds. The minimum Gasteiger partial charge on any atom is -0.497 e. The highest BCUT2D eigenvalue weighted by atomic mass is 79.9. The van der Waals surface area contributed by atoms with Gasteiger partial charge in [-0.05, 0) is 54.9 Å². The summed E-state index contributed by atoms with van der Waals surface area (Å²) in [6.07, 6.45) is 1.79. The van der Waals surface area contributed by atoms with Crippen molar-refractivity contribution in [3.8, 4) is 11.6 Å². The molecule has 0 aliphatic carbocycles. The van der Waals surface area contributed by atoms with E-state index in [1.165, 1.54) is 0 Å². The maximum Gasteiger partial charge on any atom is 0.255 e. The summed E-state index contributed by atoms with van der Waals surface area (Å²) in [5.41, 5.74) is 2.65. The molecule has 2 aromatic heterocycles. The smallest absolute Gasteiger partial charge is 0.255 e. The first kappa shape index (κ1) is 21.3. The highest BCUT2D eigenvalue weighted by molar-refractivity contribution is 9.10. The molecule has 3 aromatic rings. The number of benzene rings is 1. The van der Waals surface area contributed by atoms with Crippen LogP contribution in [-0.2, 0) is 0 Å². The number of piperazine rings is 1. The Bertz CT molecular complexity index is 1120. The highest BCUT2D eigenvalue weighted by Crippen LogP contribution is 2.25. The minimum absolute atomic E-state index is 0.00509. The summed E-state index contributed by atoms with van der Waals surface area (Å²) in [6.45, 7) is 8.54. The van der Waals surface area contributed by atoms with Crippen LogP contribution in [0.2, 0.25) is 0 Å². The SMILES string of the molecule is COc1ccc(Br)c(C(=O)N2CCN(c3cc(-n4cnc(C)c4C)nc(C)n3)CC2)c1. The molecule has 1 aromatic carbocycles. The third-order valence-corrected chi connectivity index (χ3v) is 6.30. The second-order valence-electron chi connectivity index (χ2n) is 7.54. The van der Waals surface area contributed by atoms with E-state index in [9.17, 15) is 4.79 Å². The van der Waals surface area contributed by atoms with Crippen LogP contribution in [0.4, 0.5) is 5.82 Å². The van der Waals surface area contributed by atoms with Crippen LogP contribution in [0.5, 0.6) is 5.75 Å². The van der Waals surface area contributed by atoms with Crippen molar-refractivity contribution in [2.75, 3.05) is 38.2 Å². The number of carbonyl (C=O) groups excluding carboxylic acids is 1. The number of ether oxygens (including phenoxy) is 1. The molecule has 1 aliphatic rings. The number of hydrogen-bond acceptors (Lipinski definition) is 6. The fraction of sp³-hybridized carbons (Fsp3) is 0.364. The molecule has 0 unspecified atom stereocenters. The summed E-state index contributed by atoms with van der Waals surface area (Å²) in [7, 11) is 1.60. The fourth-order valence-corrected chi connectivity index (χ4v) is 4.07. The molecule has 1 saturated heterocycles. The second kappa shape index (κ2) is 8.66. The van der Waals surface area contributed by atoms with Gasteiger partial charge in [0.1, 0.15) is 29.5 Å². The van der Waals surface area contributed by atoms with E-state index in [-0.39, 0.29) is 5.91 Å². The van der Waals surface area contributed by atoms with Gasteiger partial charge in [-0.3, -0.25) is 9.36 Å². The van der Waals surface area contributed by atoms with Crippen LogP contribution in [0.3, 0.4) is 0 Å². The predicted octanol–water partition coefficient (Wildman–Crippen LogP) is 3.32. The van der Waals surface area contributed by atoms with E-state index in [0.717, 1.165) is 27.5 Å². The Morgan fingerprint density at radius 1 is 1.03 bits per heavy atom. The van der Waals surface area contributed by atoms with Crippen molar-refractivity contribution in [3.05, 3.63) is 57.8 Å². The lowest BCUT2D eigenvalue weighted by molar-refractivity contribution is 0.0745. The van der Waals surface area contributed by atoms with E-state index in [4.69, 9.17) is 4.74 Å².